The molecule has 0 bridgehead atoms. The van der Waals surface area contributed by atoms with Crippen LogP contribution >= 0.6 is 35.4 Å². The first kappa shape index (κ1) is 13.7. The minimum Gasteiger partial charge on any atom is -0.327 e. The van der Waals surface area contributed by atoms with Gasteiger partial charge in [-0.25, -0.2) is 4.68 Å². The fourth-order valence-electron chi connectivity index (χ4n) is 2.35. The van der Waals surface area contributed by atoms with E-state index in [1.807, 2.05) is 22.4 Å². The molecule has 0 fully saturated rings. The molecule has 0 spiro atoms. The molecular formula is C13H12Cl2N4S. The van der Waals surface area contributed by atoms with Crippen molar-refractivity contribution in [2.24, 2.45) is 7.05 Å². The zero-order valence-corrected chi connectivity index (χ0v) is 13.3. The maximum absolute atomic E-state index is 6.29. The van der Waals surface area contributed by atoms with Gasteiger partial charge in [-0.2, -0.15) is 5.10 Å². The van der Waals surface area contributed by atoms with Crippen LogP contribution in [0.1, 0.15) is 12.6 Å². The lowest BCUT2D eigenvalue weighted by atomic mass is 10.3. The molecule has 1 N–H and O–H groups in total. The monoisotopic (exact) mass is 326 g/mol. The molecule has 0 amide bonds. The summed E-state index contributed by atoms with van der Waals surface area (Å²) in [5.74, 6) is 0. The van der Waals surface area contributed by atoms with Gasteiger partial charge in [0.1, 0.15) is 5.52 Å². The number of aryl methyl sites for hydroxylation is 2. The van der Waals surface area contributed by atoms with Gasteiger partial charge in [0.25, 0.3) is 0 Å². The number of hydrogen-bond donors (Lipinski definition) is 1. The Morgan fingerprint density at radius 3 is 2.75 bits per heavy atom. The first-order valence-electron chi connectivity index (χ1n) is 6.15. The summed E-state index contributed by atoms with van der Waals surface area (Å²) in [4.78, 5) is 3.21. The van der Waals surface area contributed by atoms with Crippen molar-refractivity contribution in [1.82, 2.24) is 19.3 Å². The van der Waals surface area contributed by atoms with Gasteiger partial charge in [-0.3, -0.25) is 4.57 Å². The highest BCUT2D eigenvalue weighted by Crippen LogP contribution is 2.28. The van der Waals surface area contributed by atoms with Gasteiger partial charge in [-0.15, -0.1) is 0 Å². The van der Waals surface area contributed by atoms with Crippen LogP contribution < -0.4 is 0 Å². The zero-order chi connectivity index (χ0) is 14.4. The van der Waals surface area contributed by atoms with Gasteiger partial charge in [0, 0.05) is 12.1 Å². The molecule has 0 atom stereocenters. The summed E-state index contributed by atoms with van der Waals surface area (Å²) in [7, 11) is 1.89. The summed E-state index contributed by atoms with van der Waals surface area (Å²) < 4.78 is 4.29. The minimum absolute atomic E-state index is 0.550. The lowest BCUT2D eigenvalue weighted by Gasteiger charge is -2.07. The number of hydrogen-bond acceptors (Lipinski definition) is 2. The number of aromatic amines is 1. The van der Waals surface area contributed by atoms with Crippen LogP contribution in [0.5, 0.6) is 0 Å². The van der Waals surface area contributed by atoms with Gasteiger partial charge >= 0.3 is 0 Å². The fraction of sp³-hybridized carbons (Fsp3) is 0.231. The third-order valence-electron chi connectivity index (χ3n) is 3.22. The predicted octanol–water partition coefficient (Wildman–Crippen LogP) is 4.29. The number of nitrogens with zero attached hydrogens (tertiary/aromatic N) is 3. The number of halogens is 2. The number of nitrogens with one attached hydrogen (secondary N) is 1. The van der Waals surface area contributed by atoms with E-state index in [2.05, 4.69) is 17.0 Å². The van der Waals surface area contributed by atoms with Crippen molar-refractivity contribution < 1.29 is 0 Å². The second kappa shape index (κ2) is 4.91. The van der Waals surface area contributed by atoms with Crippen LogP contribution in [0.25, 0.3) is 16.9 Å². The van der Waals surface area contributed by atoms with Crippen molar-refractivity contribution in [2.75, 3.05) is 0 Å². The van der Waals surface area contributed by atoms with Crippen LogP contribution in [0.2, 0.25) is 10.0 Å². The normalized spacial score (nSPS) is 11.4. The van der Waals surface area contributed by atoms with Crippen LogP contribution in [-0.2, 0) is 13.5 Å². The lowest BCUT2D eigenvalue weighted by molar-refractivity contribution is 0.748. The molecule has 2 heterocycles. The van der Waals surface area contributed by atoms with E-state index in [0.29, 0.717) is 14.8 Å². The van der Waals surface area contributed by atoms with Gasteiger partial charge in [-0.1, -0.05) is 30.1 Å². The Labute approximate surface area is 130 Å². The molecular weight excluding hydrogens is 315 g/mol. The molecule has 7 heteroatoms. The molecule has 20 heavy (non-hydrogen) atoms. The summed E-state index contributed by atoms with van der Waals surface area (Å²) in [5.41, 5.74) is 3.62. The molecule has 0 unspecified atom stereocenters. The maximum atomic E-state index is 6.29. The average molecular weight is 327 g/mol. The van der Waals surface area contributed by atoms with Crippen LogP contribution in [0.15, 0.2) is 18.2 Å². The SMILES string of the molecule is CCc1nn(C)c2c1[nH]c(=S)n2-c1ccc(Cl)cc1Cl. The largest absolute Gasteiger partial charge is 0.327 e. The quantitative estimate of drug-likeness (QED) is 0.713. The van der Waals surface area contributed by atoms with Crippen molar-refractivity contribution in [3.63, 3.8) is 0 Å². The maximum Gasteiger partial charge on any atom is 0.184 e. The number of aromatic nitrogens is 4. The topological polar surface area (TPSA) is 38.5 Å². The molecule has 0 saturated carbocycles. The molecule has 3 rings (SSSR count). The van der Waals surface area contributed by atoms with E-state index in [1.54, 1.807) is 12.1 Å². The highest BCUT2D eigenvalue weighted by Gasteiger charge is 2.16. The fourth-order valence-corrected chi connectivity index (χ4v) is 3.13. The Kier molecular flexibility index (Phi) is 3.36. The standard InChI is InChI=1S/C13H12Cl2N4S/c1-3-9-11-12(18(2)17-9)19(13(20)16-11)10-5-4-7(14)6-8(10)15/h4-6H,3H2,1-2H3,(H,16,20). The molecule has 0 radical (unpaired) electrons. The Bertz CT molecular complexity index is 859. The summed E-state index contributed by atoms with van der Waals surface area (Å²) in [5, 5.41) is 5.64. The van der Waals surface area contributed by atoms with Crippen molar-refractivity contribution in [3.05, 3.63) is 38.7 Å². The van der Waals surface area contributed by atoms with E-state index >= 15 is 0 Å². The van der Waals surface area contributed by atoms with E-state index in [4.69, 9.17) is 35.4 Å². The van der Waals surface area contributed by atoms with E-state index in [0.717, 1.165) is 29.0 Å². The highest BCUT2D eigenvalue weighted by atomic mass is 35.5. The van der Waals surface area contributed by atoms with Crippen LogP contribution in [0, 0.1) is 4.77 Å². The van der Waals surface area contributed by atoms with Gasteiger partial charge in [0.2, 0.25) is 0 Å². The number of H-pyrrole nitrogens is 1. The van der Waals surface area contributed by atoms with Crippen molar-refractivity contribution >= 4 is 46.6 Å². The number of rotatable bonds is 2. The third-order valence-corrected chi connectivity index (χ3v) is 4.04. The second-order valence-corrected chi connectivity index (χ2v) is 5.71. The molecule has 104 valence electrons. The van der Waals surface area contributed by atoms with Crippen LogP contribution in [0.3, 0.4) is 0 Å². The molecule has 0 aliphatic rings. The molecule has 0 aliphatic carbocycles. The van der Waals surface area contributed by atoms with E-state index < -0.39 is 0 Å². The highest BCUT2D eigenvalue weighted by molar-refractivity contribution is 7.71. The summed E-state index contributed by atoms with van der Waals surface area (Å²) >= 11 is 17.7. The summed E-state index contributed by atoms with van der Waals surface area (Å²) in [6.07, 6.45) is 0.834. The molecule has 1 aromatic carbocycles. The van der Waals surface area contributed by atoms with Gasteiger partial charge in [-0.05, 0) is 36.8 Å². The number of imidazole rings is 1. The average Bonchev–Trinajstić information content (AvgIpc) is 2.87. The molecule has 0 aliphatic heterocycles. The molecule has 2 aromatic heterocycles. The van der Waals surface area contributed by atoms with Crippen molar-refractivity contribution in [1.29, 1.82) is 0 Å². The minimum atomic E-state index is 0.550. The summed E-state index contributed by atoms with van der Waals surface area (Å²) in [6.45, 7) is 2.06. The van der Waals surface area contributed by atoms with E-state index in [-0.39, 0.29) is 0 Å². The van der Waals surface area contributed by atoms with Crippen molar-refractivity contribution in [2.45, 2.75) is 13.3 Å². The Hall–Kier alpha value is -1.30. The Morgan fingerprint density at radius 1 is 1.35 bits per heavy atom. The van der Waals surface area contributed by atoms with Crippen LogP contribution in [-0.4, -0.2) is 19.3 Å². The first-order valence-corrected chi connectivity index (χ1v) is 7.31. The van der Waals surface area contributed by atoms with E-state index in [9.17, 15) is 0 Å². The van der Waals surface area contributed by atoms with Gasteiger partial charge in [0.05, 0.1) is 16.4 Å². The second-order valence-electron chi connectivity index (χ2n) is 4.48. The predicted molar refractivity (Wildman–Crippen MR) is 84.6 cm³/mol. The van der Waals surface area contributed by atoms with Crippen LogP contribution in [0.4, 0.5) is 0 Å². The molecule has 4 nitrogen and oxygen atoms in total. The van der Waals surface area contributed by atoms with Gasteiger partial charge < -0.3 is 4.98 Å². The molecule has 0 saturated heterocycles. The molecule has 3 aromatic rings. The van der Waals surface area contributed by atoms with E-state index in [1.165, 1.54) is 0 Å². The number of benzene rings is 1. The Morgan fingerprint density at radius 2 is 2.10 bits per heavy atom. The smallest absolute Gasteiger partial charge is 0.184 e. The van der Waals surface area contributed by atoms with Crippen molar-refractivity contribution in [3.8, 4) is 5.69 Å². The Balaban J connectivity index is 2.39. The lowest BCUT2D eigenvalue weighted by Crippen LogP contribution is -2.01. The third kappa shape index (κ3) is 1.97. The van der Waals surface area contributed by atoms with Gasteiger partial charge in [0.15, 0.2) is 10.4 Å². The summed E-state index contributed by atoms with van der Waals surface area (Å²) in [6, 6.07) is 5.35. The first-order chi connectivity index (χ1) is 9.52. The zero-order valence-electron chi connectivity index (χ0n) is 10.9. The number of fused-ring (bicyclic) bond motifs is 1.